The monoisotopic (exact) mass is 312 g/mol. The number of hydrogen-bond donors (Lipinski definition) is 1. The van der Waals surface area contributed by atoms with Gasteiger partial charge in [-0.25, -0.2) is 0 Å². The summed E-state index contributed by atoms with van der Waals surface area (Å²) in [6.45, 7) is 4.40. The molecular weight excluding hydrogens is 292 g/mol. The minimum atomic E-state index is 0.242. The van der Waals surface area contributed by atoms with Crippen molar-refractivity contribution in [3.8, 4) is 0 Å². The summed E-state index contributed by atoms with van der Waals surface area (Å²) in [7, 11) is 2.14. The first-order valence-electron chi connectivity index (χ1n) is 6.39. The predicted molar refractivity (Wildman–Crippen MR) is 77.7 cm³/mol. The van der Waals surface area contributed by atoms with E-state index in [-0.39, 0.29) is 6.04 Å². The maximum atomic E-state index is 5.98. The molecule has 0 aliphatic carbocycles. The molecule has 1 saturated heterocycles. The molecule has 1 fully saturated rings. The van der Waals surface area contributed by atoms with E-state index < -0.39 is 0 Å². The standard InChI is InChI=1S/C14H21BrN2O/c1-10-3-4-12(13(15)7-10)14(8-16)17(2)11-5-6-18-9-11/h3-4,7,11,14H,5-6,8-9,16H2,1-2H3. The molecular formula is C14H21BrN2O. The number of benzene rings is 1. The van der Waals surface area contributed by atoms with Crippen molar-refractivity contribution in [2.75, 3.05) is 26.8 Å². The quantitative estimate of drug-likeness (QED) is 0.928. The Kier molecular flexibility index (Phi) is 4.78. The lowest BCUT2D eigenvalue weighted by Gasteiger charge is -2.32. The molecule has 1 aromatic carbocycles. The molecule has 1 aliphatic heterocycles. The van der Waals surface area contributed by atoms with Crippen molar-refractivity contribution in [2.45, 2.75) is 25.4 Å². The molecule has 1 aliphatic rings. The van der Waals surface area contributed by atoms with Crippen molar-refractivity contribution in [1.82, 2.24) is 4.90 Å². The van der Waals surface area contributed by atoms with Crippen molar-refractivity contribution in [1.29, 1.82) is 0 Å². The molecule has 0 aromatic heterocycles. The third-order valence-corrected chi connectivity index (χ3v) is 4.40. The summed E-state index contributed by atoms with van der Waals surface area (Å²) < 4.78 is 6.61. The average molecular weight is 313 g/mol. The molecule has 0 radical (unpaired) electrons. The van der Waals surface area contributed by atoms with E-state index in [0.717, 1.165) is 24.1 Å². The van der Waals surface area contributed by atoms with E-state index in [1.54, 1.807) is 0 Å². The highest BCUT2D eigenvalue weighted by Gasteiger charge is 2.27. The van der Waals surface area contributed by atoms with Gasteiger partial charge in [0.2, 0.25) is 0 Å². The van der Waals surface area contributed by atoms with E-state index in [4.69, 9.17) is 10.5 Å². The molecule has 100 valence electrons. The molecule has 0 bridgehead atoms. The van der Waals surface area contributed by atoms with E-state index in [0.29, 0.717) is 12.6 Å². The highest BCUT2D eigenvalue weighted by atomic mass is 79.9. The molecule has 3 nitrogen and oxygen atoms in total. The lowest BCUT2D eigenvalue weighted by Crippen LogP contribution is -2.39. The van der Waals surface area contributed by atoms with Gasteiger partial charge in [-0.3, -0.25) is 4.90 Å². The number of ether oxygens (including phenoxy) is 1. The van der Waals surface area contributed by atoms with Gasteiger partial charge in [0.15, 0.2) is 0 Å². The van der Waals surface area contributed by atoms with Gasteiger partial charge >= 0.3 is 0 Å². The van der Waals surface area contributed by atoms with Gasteiger partial charge < -0.3 is 10.5 Å². The molecule has 1 aromatic rings. The smallest absolute Gasteiger partial charge is 0.0622 e. The van der Waals surface area contributed by atoms with Crippen LogP contribution in [-0.4, -0.2) is 37.7 Å². The Morgan fingerprint density at radius 2 is 2.33 bits per heavy atom. The van der Waals surface area contributed by atoms with Crippen molar-refractivity contribution in [3.63, 3.8) is 0 Å². The molecule has 2 N–H and O–H groups in total. The van der Waals surface area contributed by atoms with Crippen LogP contribution in [0.5, 0.6) is 0 Å². The van der Waals surface area contributed by atoms with Gasteiger partial charge in [-0.1, -0.05) is 28.1 Å². The van der Waals surface area contributed by atoms with Crippen molar-refractivity contribution >= 4 is 15.9 Å². The predicted octanol–water partition coefficient (Wildman–Crippen LogP) is 2.48. The average Bonchev–Trinajstić information content (AvgIpc) is 2.86. The molecule has 0 saturated carbocycles. The van der Waals surface area contributed by atoms with Crippen molar-refractivity contribution in [3.05, 3.63) is 33.8 Å². The summed E-state index contributed by atoms with van der Waals surface area (Å²) in [5.74, 6) is 0. The van der Waals surface area contributed by atoms with Crippen LogP contribution in [0, 0.1) is 6.92 Å². The highest BCUT2D eigenvalue weighted by molar-refractivity contribution is 9.10. The van der Waals surface area contributed by atoms with Crippen LogP contribution in [0.1, 0.15) is 23.6 Å². The van der Waals surface area contributed by atoms with E-state index >= 15 is 0 Å². The number of nitrogens with zero attached hydrogens (tertiary/aromatic N) is 1. The lowest BCUT2D eigenvalue weighted by molar-refractivity contribution is 0.134. The van der Waals surface area contributed by atoms with E-state index in [1.807, 2.05) is 0 Å². The summed E-state index contributed by atoms with van der Waals surface area (Å²) >= 11 is 3.65. The molecule has 2 atom stereocenters. The number of hydrogen-bond acceptors (Lipinski definition) is 3. The van der Waals surface area contributed by atoms with Crippen LogP contribution in [0.25, 0.3) is 0 Å². The lowest BCUT2D eigenvalue weighted by atomic mass is 10.0. The number of likely N-dealkylation sites (N-methyl/N-ethyl adjacent to an activating group) is 1. The Hall–Kier alpha value is -0.420. The van der Waals surface area contributed by atoms with Gasteiger partial charge in [0, 0.05) is 29.7 Å². The molecule has 4 heteroatoms. The van der Waals surface area contributed by atoms with Gasteiger partial charge in [-0.2, -0.15) is 0 Å². The van der Waals surface area contributed by atoms with Crippen LogP contribution in [0.4, 0.5) is 0 Å². The zero-order chi connectivity index (χ0) is 13.1. The van der Waals surface area contributed by atoms with Crippen LogP contribution < -0.4 is 5.73 Å². The first kappa shape index (κ1) is 14.0. The van der Waals surface area contributed by atoms with Crippen LogP contribution in [0.15, 0.2) is 22.7 Å². The van der Waals surface area contributed by atoms with Crippen molar-refractivity contribution in [2.24, 2.45) is 5.73 Å². The van der Waals surface area contributed by atoms with Crippen molar-refractivity contribution < 1.29 is 4.74 Å². The second-order valence-electron chi connectivity index (χ2n) is 4.96. The molecule has 0 amide bonds. The van der Waals surface area contributed by atoms with Gasteiger partial charge in [0.25, 0.3) is 0 Å². The fourth-order valence-electron chi connectivity index (χ4n) is 2.51. The summed E-state index contributed by atoms with van der Waals surface area (Å²) in [6.07, 6.45) is 1.09. The molecule has 2 unspecified atom stereocenters. The summed E-state index contributed by atoms with van der Waals surface area (Å²) in [6, 6.07) is 7.18. The third kappa shape index (κ3) is 2.94. The van der Waals surface area contributed by atoms with Gasteiger partial charge in [-0.05, 0) is 37.6 Å². The minimum Gasteiger partial charge on any atom is -0.380 e. The topological polar surface area (TPSA) is 38.5 Å². The first-order valence-corrected chi connectivity index (χ1v) is 7.18. The second kappa shape index (κ2) is 6.15. The van der Waals surface area contributed by atoms with Crippen LogP contribution in [0.3, 0.4) is 0 Å². The Bertz CT molecular complexity index is 405. The number of aryl methyl sites for hydroxylation is 1. The number of rotatable bonds is 4. The summed E-state index contributed by atoms with van der Waals surface area (Å²) in [4.78, 5) is 2.35. The van der Waals surface area contributed by atoms with Gasteiger partial charge in [-0.15, -0.1) is 0 Å². The normalized spacial score (nSPS) is 21.5. The fourth-order valence-corrected chi connectivity index (χ4v) is 3.27. The zero-order valence-electron chi connectivity index (χ0n) is 11.0. The first-order chi connectivity index (χ1) is 8.63. The Balaban J connectivity index is 2.21. The molecule has 0 spiro atoms. The molecule has 1 heterocycles. The molecule has 18 heavy (non-hydrogen) atoms. The number of nitrogens with two attached hydrogens (primary N) is 1. The summed E-state index contributed by atoms with van der Waals surface area (Å²) in [5.41, 5.74) is 8.50. The highest BCUT2D eigenvalue weighted by Crippen LogP contribution is 2.30. The van der Waals surface area contributed by atoms with E-state index in [2.05, 4.69) is 53.0 Å². The minimum absolute atomic E-state index is 0.242. The fraction of sp³-hybridized carbons (Fsp3) is 0.571. The van der Waals surface area contributed by atoms with Gasteiger partial charge in [0.05, 0.1) is 6.61 Å². The SMILES string of the molecule is Cc1ccc(C(CN)N(C)C2CCOC2)c(Br)c1. The Labute approximate surface area is 117 Å². The van der Waals surface area contributed by atoms with E-state index in [9.17, 15) is 0 Å². The zero-order valence-corrected chi connectivity index (χ0v) is 12.6. The third-order valence-electron chi connectivity index (χ3n) is 3.71. The number of halogens is 1. The largest absolute Gasteiger partial charge is 0.380 e. The van der Waals surface area contributed by atoms with Crippen LogP contribution in [-0.2, 0) is 4.74 Å². The maximum absolute atomic E-state index is 5.98. The van der Waals surface area contributed by atoms with E-state index in [1.165, 1.54) is 11.1 Å². The van der Waals surface area contributed by atoms with Crippen LogP contribution >= 0.6 is 15.9 Å². The molecule has 2 rings (SSSR count). The Morgan fingerprint density at radius 3 is 2.89 bits per heavy atom. The van der Waals surface area contributed by atoms with Crippen LogP contribution in [0.2, 0.25) is 0 Å². The second-order valence-corrected chi connectivity index (χ2v) is 5.81. The summed E-state index contributed by atoms with van der Waals surface area (Å²) in [5, 5.41) is 0. The van der Waals surface area contributed by atoms with Gasteiger partial charge in [0.1, 0.15) is 0 Å². The Morgan fingerprint density at radius 1 is 1.56 bits per heavy atom. The maximum Gasteiger partial charge on any atom is 0.0622 e.